The molecule has 0 N–H and O–H groups in total. The number of alkyl halides is 3. The van der Waals surface area contributed by atoms with Gasteiger partial charge in [0.15, 0.2) is 5.82 Å². The molecule has 0 fully saturated rings. The molecule has 0 saturated carbocycles. The Hall–Kier alpha value is -1.92. The number of pyridine rings is 1. The zero-order valence-electron chi connectivity index (χ0n) is 8.12. The summed E-state index contributed by atoms with van der Waals surface area (Å²) in [4.78, 5) is 7.54. The van der Waals surface area contributed by atoms with Crippen LogP contribution in [0.15, 0.2) is 22.9 Å². The molecular weight excluding hydrogens is 223 g/mol. The molecule has 2 rings (SSSR count). The molecule has 0 bridgehead atoms. The first-order valence-corrected chi connectivity index (χ1v) is 4.31. The SMILES string of the molecule is Cc1noc(-c2cc(C(F)(F)F)ccn2)n1. The number of hydrogen-bond acceptors (Lipinski definition) is 4. The Morgan fingerprint density at radius 3 is 2.62 bits per heavy atom. The number of halogens is 3. The normalized spacial score (nSPS) is 11.8. The summed E-state index contributed by atoms with van der Waals surface area (Å²) < 4.78 is 41.9. The van der Waals surface area contributed by atoms with Crippen LogP contribution in [0.4, 0.5) is 13.2 Å². The molecular formula is C9H6F3N3O. The summed E-state index contributed by atoms with van der Waals surface area (Å²) in [5.41, 5.74) is -0.788. The first-order chi connectivity index (χ1) is 7.47. The quantitative estimate of drug-likeness (QED) is 0.753. The fourth-order valence-electron chi connectivity index (χ4n) is 1.12. The van der Waals surface area contributed by atoms with Crippen molar-refractivity contribution in [2.75, 3.05) is 0 Å². The maximum absolute atomic E-state index is 12.4. The second-order valence-corrected chi connectivity index (χ2v) is 3.07. The average molecular weight is 229 g/mol. The van der Waals surface area contributed by atoms with Crippen LogP contribution in [0.5, 0.6) is 0 Å². The Labute approximate surface area is 88.1 Å². The maximum atomic E-state index is 12.4. The minimum absolute atomic E-state index is 0.00965. The van der Waals surface area contributed by atoms with Crippen LogP contribution in [0.2, 0.25) is 0 Å². The molecule has 0 radical (unpaired) electrons. The van der Waals surface area contributed by atoms with E-state index in [0.717, 1.165) is 18.3 Å². The topological polar surface area (TPSA) is 51.8 Å². The summed E-state index contributed by atoms with van der Waals surface area (Å²) in [6.07, 6.45) is -3.36. The lowest BCUT2D eigenvalue weighted by molar-refractivity contribution is -0.137. The first-order valence-electron chi connectivity index (χ1n) is 4.31. The van der Waals surface area contributed by atoms with Crippen molar-refractivity contribution < 1.29 is 17.7 Å². The first kappa shape index (κ1) is 10.6. The molecule has 0 amide bonds. The van der Waals surface area contributed by atoms with Crippen molar-refractivity contribution in [2.45, 2.75) is 13.1 Å². The van der Waals surface area contributed by atoms with Crippen LogP contribution in [-0.2, 0) is 6.18 Å². The van der Waals surface area contributed by atoms with Gasteiger partial charge in [0.1, 0.15) is 5.69 Å². The van der Waals surface area contributed by atoms with Crippen LogP contribution >= 0.6 is 0 Å². The lowest BCUT2D eigenvalue weighted by atomic mass is 10.2. The predicted molar refractivity (Wildman–Crippen MR) is 47.3 cm³/mol. The van der Waals surface area contributed by atoms with Crippen molar-refractivity contribution in [1.29, 1.82) is 0 Å². The second-order valence-electron chi connectivity index (χ2n) is 3.07. The van der Waals surface area contributed by atoms with Crippen LogP contribution in [0.1, 0.15) is 11.4 Å². The van der Waals surface area contributed by atoms with Crippen LogP contribution in [0.3, 0.4) is 0 Å². The fraction of sp³-hybridized carbons (Fsp3) is 0.222. The van der Waals surface area contributed by atoms with Gasteiger partial charge in [-0.2, -0.15) is 18.2 Å². The summed E-state index contributed by atoms with van der Waals surface area (Å²) in [5, 5.41) is 3.48. The molecule has 0 spiro atoms. The van der Waals surface area contributed by atoms with E-state index in [9.17, 15) is 13.2 Å². The lowest BCUT2D eigenvalue weighted by Crippen LogP contribution is -2.05. The summed E-state index contributed by atoms with van der Waals surface area (Å²) in [6.45, 7) is 1.57. The van der Waals surface area contributed by atoms with Crippen molar-refractivity contribution in [3.63, 3.8) is 0 Å². The standard InChI is InChI=1S/C9H6F3N3O/c1-5-14-8(16-15-5)7-4-6(2-3-13-7)9(10,11)12/h2-4H,1H3. The molecule has 4 nitrogen and oxygen atoms in total. The van der Waals surface area contributed by atoms with Crippen LogP contribution in [0.25, 0.3) is 11.6 Å². The van der Waals surface area contributed by atoms with Gasteiger partial charge < -0.3 is 4.52 Å². The van der Waals surface area contributed by atoms with E-state index in [0.29, 0.717) is 5.82 Å². The summed E-state index contributed by atoms with van der Waals surface area (Å²) in [7, 11) is 0. The highest BCUT2D eigenvalue weighted by Gasteiger charge is 2.31. The van der Waals surface area contributed by atoms with Crippen molar-refractivity contribution in [3.05, 3.63) is 29.7 Å². The van der Waals surface area contributed by atoms with Gasteiger partial charge in [0.2, 0.25) is 0 Å². The number of aryl methyl sites for hydroxylation is 1. The molecule has 0 aliphatic carbocycles. The Balaban J connectivity index is 2.44. The zero-order chi connectivity index (χ0) is 11.8. The Morgan fingerprint density at radius 1 is 1.31 bits per heavy atom. The Bertz CT molecular complexity index is 507. The van der Waals surface area contributed by atoms with Gasteiger partial charge >= 0.3 is 6.18 Å². The lowest BCUT2D eigenvalue weighted by Gasteiger charge is -2.05. The van der Waals surface area contributed by atoms with E-state index < -0.39 is 11.7 Å². The van der Waals surface area contributed by atoms with Crippen LogP contribution in [-0.4, -0.2) is 15.1 Å². The van der Waals surface area contributed by atoms with E-state index in [2.05, 4.69) is 15.1 Å². The maximum Gasteiger partial charge on any atom is 0.416 e. The molecule has 0 saturated heterocycles. The van der Waals surface area contributed by atoms with Crippen LogP contribution < -0.4 is 0 Å². The average Bonchev–Trinajstić information content (AvgIpc) is 2.64. The molecule has 0 aliphatic heterocycles. The van der Waals surface area contributed by atoms with E-state index >= 15 is 0 Å². The molecule has 7 heteroatoms. The summed E-state index contributed by atoms with van der Waals surface area (Å²) >= 11 is 0. The highest BCUT2D eigenvalue weighted by Crippen LogP contribution is 2.30. The van der Waals surface area contributed by atoms with Gasteiger partial charge in [0, 0.05) is 6.20 Å². The summed E-state index contributed by atoms with van der Waals surface area (Å²) in [5.74, 6) is 0.317. The molecule has 0 aliphatic rings. The van der Waals surface area contributed by atoms with Crippen LogP contribution in [0, 0.1) is 6.92 Å². The molecule has 2 heterocycles. The van der Waals surface area contributed by atoms with Gasteiger partial charge in [-0.05, 0) is 19.1 Å². The monoisotopic (exact) mass is 229 g/mol. The molecule has 0 atom stereocenters. The predicted octanol–water partition coefficient (Wildman–Crippen LogP) is 2.46. The van der Waals surface area contributed by atoms with Crippen molar-refractivity contribution >= 4 is 0 Å². The molecule has 84 valence electrons. The number of hydrogen-bond donors (Lipinski definition) is 0. The molecule has 0 unspecified atom stereocenters. The Morgan fingerprint density at radius 2 is 2.06 bits per heavy atom. The Kier molecular flexibility index (Phi) is 2.37. The van der Waals surface area contributed by atoms with E-state index in [4.69, 9.17) is 4.52 Å². The number of nitrogens with zero attached hydrogens (tertiary/aromatic N) is 3. The largest absolute Gasteiger partial charge is 0.416 e. The third-order valence-corrected chi connectivity index (χ3v) is 1.83. The van der Waals surface area contributed by atoms with Gasteiger partial charge in [-0.15, -0.1) is 0 Å². The van der Waals surface area contributed by atoms with Gasteiger partial charge in [0.25, 0.3) is 5.89 Å². The van der Waals surface area contributed by atoms with Gasteiger partial charge in [-0.1, -0.05) is 5.16 Å². The molecule has 0 aromatic carbocycles. The third-order valence-electron chi connectivity index (χ3n) is 1.83. The van der Waals surface area contributed by atoms with Crippen molar-refractivity contribution in [1.82, 2.24) is 15.1 Å². The molecule has 2 aromatic rings. The minimum atomic E-state index is -4.41. The van der Waals surface area contributed by atoms with Gasteiger partial charge in [-0.3, -0.25) is 4.98 Å². The van der Waals surface area contributed by atoms with Crippen molar-refractivity contribution in [3.8, 4) is 11.6 Å². The highest BCUT2D eigenvalue weighted by molar-refractivity contribution is 5.48. The second kappa shape index (κ2) is 3.58. The van der Waals surface area contributed by atoms with Gasteiger partial charge in [0.05, 0.1) is 5.56 Å². The minimum Gasteiger partial charge on any atom is -0.332 e. The van der Waals surface area contributed by atoms with Crippen molar-refractivity contribution in [2.24, 2.45) is 0 Å². The number of rotatable bonds is 1. The van der Waals surface area contributed by atoms with E-state index in [1.165, 1.54) is 0 Å². The highest BCUT2D eigenvalue weighted by atomic mass is 19.4. The van der Waals surface area contributed by atoms with E-state index in [-0.39, 0.29) is 11.6 Å². The number of aromatic nitrogens is 3. The summed E-state index contributed by atoms with van der Waals surface area (Å²) in [6, 6.07) is 1.75. The van der Waals surface area contributed by atoms with Gasteiger partial charge in [-0.25, -0.2) is 0 Å². The smallest absolute Gasteiger partial charge is 0.332 e. The van der Waals surface area contributed by atoms with E-state index in [1.54, 1.807) is 6.92 Å². The fourth-order valence-corrected chi connectivity index (χ4v) is 1.12. The molecule has 2 aromatic heterocycles. The third kappa shape index (κ3) is 2.02. The zero-order valence-corrected chi connectivity index (χ0v) is 8.12. The van der Waals surface area contributed by atoms with E-state index in [1.807, 2.05) is 0 Å². The molecule has 16 heavy (non-hydrogen) atoms.